The third kappa shape index (κ3) is 4.20. The highest BCUT2D eigenvalue weighted by Gasteiger charge is 2.22. The number of hydrogen-bond donors (Lipinski definition) is 2. The SMILES string of the molecule is Cc1ccc([NH+]([O-])O)cc1N(C)C(=O)OC(C)(C)C. The van der Waals surface area contributed by atoms with Crippen LogP contribution in [0.1, 0.15) is 26.3 Å². The second-order valence-corrected chi connectivity index (χ2v) is 5.35. The van der Waals surface area contributed by atoms with Crippen molar-refractivity contribution in [3.05, 3.63) is 29.0 Å². The Morgan fingerprint density at radius 2 is 2.00 bits per heavy atom. The number of anilines is 1. The Morgan fingerprint density at radius 1 is 1.42 bits per heavy atom. The molecule has 1 atom stereocenters. The molecule has 1 unspecified atom stereocenters. The number of nitrogens with zero attached hydrogens (tertiary/aromatic N) is 1. The van der Waals surface area contributed by atoms with Crippen LogP contribution in [0.2, 0.25) is 0 Å². The van der Waals surface area contributed by atoms with Crippen LogP contribution < -0.4 is 10.1 Å². The zero-order chi connectivity index (χ0) is 14.8. The maximum Gasteiger partial charge on any atom is 0.414 e. The highest BCUT2D eigenvalue weighted by atomic mass is 16.8. The molecule has 0 aliphatic rings. The smallest absolute Gasteiger partial charge is 0.414 e. The molecule has 0 spiro atoms. The van der Waals surface area contributed by atoms with Crippen molar-refractivity contribution in [2.45, 2.75) is 33.3 Å². The monoisotopic (exact) mass is 268 g/mol. The summed E-state index contributed by atoms with van der Waals surface area (Å²) in [6.45, 7) is 7.14. The Labute approximate surface area is 112 Å². The van der Waals surface area contributed by atoms with Gasteiger partial charge in [-0.3, -0.25) is 4.90 Å². The minimum atomic E-state index is -1.03. The molecule has 6 nitrogen and oxygen atoms in total. The van der Waals surface area contributed by atoms with Crippen LogP contribution in [0.3, 0.4) is 0 Å². The molecule has 0 radical (unpaired) electrons. The zero-order valence-corrected chi connectivity index (χ0v) is 11.9. The van der Waals surface area contributed by atoms with E-state index in [9.17, 15) is 10.0 Å². The molecule has 0 saturated carbocycles. The quantitative estimate of drug-likeness (QED) is 0.801. The second kappa shape index (κ2) is 5.56. The normalized spacial score (nSPS) is 13.0. The predicted molar refractivity (Wildman–Crippen MR) is 71.6 cm³/mol. The fourth-order valence-corrected chi connectivity index (χ4v) is 1.53. The number of hydrogen-bond acceptors (Lipinski definition) is 4. The molecule has 0 saturated heterocycles. The van der Waals surface area contributed by atoms with Gasteiger partial charge in [0.25, 0.3) is 0 Å². The summed E-state index contributed by atoms with van der Waals surface area (Å²) in [6, 6.07) is 4.63. The van der Waals surface area contributed by atoms with E-state index in [-0.39, 0.29) is 5.69 Å². The lowest BCUT2D eigenvalue weighted by molar-refractivity contribution is -0.991. The first-order chi connectivity index (χ1) is 8.61. The van der Waals surface area contributed by atoms with Crippen LogP contribution in [0.4, 0.5) is 16.2 Å². The lowest BCUT2D eigenvalue weighted by atomic mass is 10.1. The maximum absolute atomic E-state index is 11.9. The summed E-state index contributed by atoms with van der Waals surface area (Å²) in [6.07, 6.45) is -0.516. The van der Waals surface area contributed by atoms with Gasteiger partial charge in [-0.15, -0.1) is 0 Å². The molecule has 106 valence electrons. The molecule has 0 aliphatic carbocycles. The van der Waals surface area contributed by atoms with Gasteiger partial charge in [-0.2, -0.15) is 5.23 Å². The van der Waals surface area contributed by atoms with E-state index in [4.69, 9.17) is 9.94 Å². The minimum Gasteiger partial charge on any atom is -0.595 e. The summed E-state index contributed by atoms with van der Waals surface area (Å²) in [5.41, 5.74) is 0.868. The van der Waals surface area contributed by atoms with Gasteiger partial charge in [0.05, 0.1) is 5.69 Å². The molecule has 1 aromatic rings. The fourth-order valence-electron chi connectivity index (χ4n) is 1.53. The van der Waals surface area contributed by atoms with Gasteiger partial charge in [0.15, 0.2) is 5.69 Å². The maximum atomic E-state index is 11.9. The highest BCUT2D eigenvalue weighted by molar-refractivity contribution is 5.88. The van der Waals surface area contributed by atoms with Gasteiger partial charge in [0.2, 0.25) is 0 Å². The van der Waals surface area contributed by atoms with Gasteiger partial charge in [-0.1, -0.05) is 6.07 Å². The van der Waals surface area contributed by atoms with E-state index in [2.05, 4.69) is 0 Å². The van der Waals surface area contributed by atoms with Crippen molar-refractivity contribution in [3.8, 4) is 0 Å². The Morgan fingerprint density at radius 3 is 2.47 bits per heavy atom. The van der Waals surface area contributed by atoms with Crippen molar-refractivity contribution in [3.63, 3.8) is 0 Å². The number of carbonyl (C=O) groups excluding carboxylic acids is 1. The average Bonchev–Trinajstić information content (AvgIpc) is 2.26. The standard InChI is InChI=1S/C13H20N2O4/c1-9-6-7-10(15(17)18)8-11(9)14(5)12(16)19-13(2,3)4/h6-8,15,17H,1-5H3. The van der Waals surface area contributed by atoms with Crippen LogP contribution in [-0.2, 0) is 4.74 Å². The van der Waals surface area contributed by atoms with E-state index in [0.717, 1.165) is 5.56 Å². The van der Waals surface area contributed by atoms with E-state index in [1.807, 2.05) is 6.92 Å². The van der Waals surface area contributed by atoms with Gasteiger partial charge in [-0.05, 0) is 33.3 Å². The van der Waals surface area contributed by atoms with Crippen molar-refractivity contribution >= 4 is 17.5 Å². The summed E-state index contributed by atoms with van der Waals surface area (Å²) in [5, 5.41) is 18.9. The largest absolute Gasteiger partial charge is 0.595 e. The van der Waals surface area contributed by atoms with E-state index >= 15 is 0 Å². The topological polar surface area (TPSA) is 77.3 Å². The minimum absolute atomic E-state index is 0.135. The molecule has 0 bridgehead atoms. The van der Waals surface area contributed by atoms with E-state index < -0.39 is 16.9 Å². The third-order valence-corrected chi connectivity index (χ3v) is 2.48. The molecule has 6 heteroatoms. The number of benzene rings is 1. The van der Waals surface area contributed by atoms with Crippen LogP contribution in [-0.4, -0.2) is 23.9 Å². The molecular weight excluding hydrogens is 248 g/mol. The van der Waals surface area contributed by atoms with E-state index in [0.29, 0.717) is 5.69 Å². The average molecular weight is 268 g/mol. The lowest BCUT2D eigenvalue weighted by Crippen LogP contribution is -2.99. The van der Waals surface area contributed by atoms with Crippen LogP contribution >= 0.6 is 0 Å². The number of amides is 1. The highest BCUT2D eigenvalue weighted by Crippen LogP contribution is 2.23. The molecule has 0 aliphatic heterocycles. The van der Waals surface area contributed by atoms with Gasteiger partial charge >= 0.3 is 6.09 Å². The number of ether oxygens (including phenoxy) is 1. The van der Waals surface area contributed by atoms with Crippen LogP contribution in [0, 0.1) is 12.1 Å². The Balaban J connectivity index is 3.01. The van der Waals surface area contributed by atoms with Crippen molar-refractivity contribution in [1.82, 2.24) is 0 Å². The summed E-state index contributed by atoms with van der Waals surface area (Å²) >= 11 is 0. The molecule has 0 heterocycles. The number of rotatable bonds is 2. The number of nitrogens with one attached hydrogen (secondary N) is 1. The second-order valence-electron chi connectivity index (χ2n) is 5.35. The summed E-state index contributed by atoms with van der Waals surface area (Å²) in [5.74, 6) is 0. The van der Waals surface area contributed by atoms with Gasteiger partial charge in [-0.25, -0.2) is 10.0 Å². The van der Waals surface area contributed by atoms with Gasteiger partial charge in [0.1, 0.15) is 5.60 Å². The molecule has 2 N–H and O–H groups in total. The number of quaternary nitrogens is 1. The molecule has 0 fully saturated rings. The Hall–Kier alpha value is -1.63. The van der Waals surface area contributed by atoms with Crippen LogP contribution in [0.25, 0.3) is 0 Å². The van der Waals surface area contributed by atoms with Crippen molar-refractivity contribution in [2.24, 2.45) is 0 Å². The first-order valence-corrected chi connectivity index (χ1v) is 5.92. The first kappa shape index (κ1) is 15.4. The molecule has 19 heavy (non-hydrogen) atoms. The zero-order valence-electron chi connectivity index (χ0n) is 11.9. The van der Waals surface area contributed by atoms with E-state index in [1.54, 1.807) is 33.9 Å². The van der Waals surface area contributed by atoms with Gasteiger partial charge < -0.3 is 9.94 Å². The lowest BCUT2D eigenvalue weighted by Gasteiger charge is -2.26. The summed E-state index contributed by atoms with van der Waals surface area (Å²) in [7, 11) is 1.56. The molecule has 0 aromatic heterocycles. The molecule has 1 aromatic carbocycles. The number of aryl methyl sites for hydroxylation is 1. The first-order valence-electron chi connectivity index (χ1n) is 5.92. The number of carbonyl (C=O) groups is 1. The molecular formula is C13H20N2O4. The Bertz CT molecular complexity index is 466. The van der Waals surface area contributed by atoms with Crippen molar-refractivity contribution in [2.75, 3.05) is 11.9 Å². The predicted octanol–water partition coefficient (Wildman–Crippen LogP) is 1.77. The van der Waals surface area contributed by atoms with Gasteiger partial charge in [0, 0.05) is 19.2 Å². The molecule has 1 amide bonds. The van der Waals surface area contributed by atoms with Crippen LogP contribution in [0.15, 0.2) is 18.2 Å². The molecule has 1 rings (SSSR count). The Kier molecular flexibility index (Phi) is 4.52. The fraction of sp³-hybridized carbons (Fsp3) is 0.462. The van der Waals surface area contributed by atoms with E-state index in [1.165, 1.54) is 17.0 Å². The van der Waals surface area contributed by atoms with Crippen molar-refractivity contribution < 1.29 is 20.0 Å². The summed E-state index contributed by atoms with van der Waals surface area (Å²) in [4.78, 5) is 13.3. The third-order valence-electron chi connectivity index (χ3n) is 2.48. The van der Waals surface area contributed by atoms with Crippen LogP contribution in [0.5, 0.6) is 0 Å². The summed E-state index contributed by atoms with van der Waals surface area (Å²) < 4.78 is 5.25. The van der Waals surface area contributed by atoms with Crippen molar-refractivity contribution in [1.29, 1.82) is 0 Å².